The molecule has 1 aromatic heterocycles. The van der Waals surface area contributed by atoms with Gasteiger partial charge in [-0.05, 0) is 36.8 Å². The first-order valence-electron chi connectivity index (χ1n) is 8.18. The number of aromatic nitrogens is 2. The summed E-state index contributed by atoms with van der Waals surface area (Å²) in [5.41, 5.74) is 2.94. The third-order valence-electron chi connectivity index (χ3n) is 4.65. The van der Waals surface area contributed by atoms with Crippen LogP contribution < -0.4 is 0 Å². The Labute approximate surface area is 132 Å². The summed E-state index contributed by atoms with van der Waals surface area (Å²) in [7, 11) is 2.04. The van der Waals surface area contributed by atoms with Crippen LogP contribution in [0.2, 0.25) is 0 Å². The van der Waals surface area contributed by atoms with Gasteiger partial charge in [0.05, 0.1) is 6.54 Å². The van der Waals surface area contributed by atoms with Crippen molar-refractivity contribution in [2.45, 2.75) is 38.3 Å². The van der Waals surface area contributed by atoms with E-state index >= 15 is 0 Å². The van der Waals surface area contributed by atoms with E-state index in [-0.39, 0.29) is 6.61 Å². The maximum Gasteiger partial charge on any atom is 0.122 e. The van der Waals surface area contributed by atoms with E-state index < -0.39 is 0 Å². The first kappa shape index (κ1) is 15.3. The lowest BCUT2D eigenvalue weighted by Gasteiger charge is -2.35. The molecule has 118 valence electrons. The third kappa shape index (κ3) is 3.23. The molecule has 4 heteroatoms. The van der Waals surface area contributed by atoms with E-state index in [1.807, 2.05) is 19.4 Å². The fourth-order valence-corrected chi connectivity index (χ4v) is 3.46. The Balaban J connectivity index is 1.84. The van der Waals surface area contributed by atoms with Gasteiger partial charge in [-0.2, -0.15) is 0 Å². The molecule has 4 nitrogen and oxygen atoms in total. The van der Waals surface area contributed by atoms with Gasteiger partial charge in [-0.3, -0.25) is 4.90 Å². The average Bonchev–Trinajstić information content (AvgIpc) is 2.96. The van der Waals surface area contributed by atoms with E-state index in [1.165, 1.54) is 30.4 Å². The Hall–Kier alpha value is -1.65. The zero-order chi connectivity index (χ0) is 15.4. The smallest absolute Gasteiger partial charge is 0.122 e. The van der Waals surface area contributed by atoms with Gasteiger partial charge in [-0.15, -0.1) is 0 Å². The van der Waals surface area contributed by atoms with Gasteiger partial charge in [0.25, 0.3) is 0 Å². The normalized spacial score (nSPS) is 17.7. The molecule has 2 aromatic rings. The Kier molecular flexibility index (Phi) is 4.90. The predicted molar refractivity (Wildman–Crippen MR) is 87.4 cm³/mol. The van der Waals surface area contributed by atoms with Gasteiger partial charge >= 0.3 is 0 Å². The zero-order valence-corrected chi connectivity index (χ0v) is 13.3. The van der Waals surface area contributed by atoms with Crippen LogP contribution in [0.15, 0.2) is 36.7 Å². The summed E-state index contributed by atoms with van der Waals surface area (Å²) < 4.78 is 2.08. The standard InChI is InChI=1S/C18H25N3O/c1-20-12-10-19-18(20)14-21(11-5-13-22)17-9-4-7-15-6-2-3-8-16(15)17/h2-3,6,8,10,12,17,22H,4-5,7,9,11,13-14H2,1H3/t17-/m0/s1. The molecule has 1 aliphatic carbocycles. The molecule has 1 atom stereocenters. The van der Waals surface area contributed by atoms with Crippen molar-refractivity contribution in [1.29, 1.82) is 0 Å². The zero-order valence-electron chi connectivity index (χ0n) is 13.3. The van der Waals surface area contributed by atoms with Crippen LogP contribution in [0.25, 0.3) is 0 Å². The first-order chi connectivity index (χ1) is 10.8. The van der Waals surface area contributed by atoms with Crippen LogP contribution in [0.1, 0.15) is 42.3 Å². The number of rotatable bonds is 6. The lowest BCUT2D eigenvalue weighted by atomic mass is 9.86. The van der Waals surface area contributed by atoms with E-state index in [4.69, 9.17) is 0 Å². The SMILES string of the molecule is Cn1ccnc1CN(CCCO)[C@H]1CCCc2ccccc21. The lowest BCUT2D eigenvalue weighted by Crippen LogP contribution is -2.33. The van der Waals surface area contributed by atoms with E-state index in [9.17, 15) is 5.11 Å². The molecule has 1 aliphatic rings. The van der Waals surface area contributed by atoms with E-state index in [0.717, 1.165) is 25.3 Å². The molecular formula is C18H25N3O. The minimum atomic E-state index is 0.242. The number of aliphatic hydroxyl groups is 1. The van der Waals surface area contributed by atoms with Crippen molar-refractivity contribution in [3.8, 4) is 0 Å². The Morgan fingerprint density at radius 1 is 1.36 bits per heavy atom. The Morgan fingerprint density at radius 3 is 3.00 bits per heavy atom. The summed E-state index contributed by atoms with van der Waals surface area (Å²) in [6.07, 6.45) is 8.26. The average molecular weight is 299 g/mol. The summed E-state index contributed by atoms with van der Waals surface area (Å²) >= 11 is 0. The van der Waals surface area contributed by atoms with Crippen molar-refractivity contribution in [2.24, 2.45) is 7.05 Å². The first-order valence-corrected chi connectivity index (χ1v) is 8.18. The maximum atomic E-state index is 9.24. The van der Waals surface area contributed by atoms with Crippen molar-refractivity contribution in [2.75, 3.05) is 13.2 Å². The lowest BCUT2D eigenvalue weighted by molar-refractivity contribution is 0.147. The maximum absolute atomic E-state index is 9.24. The number of hydrogen-bond donors (Lipinski definition) is 1. The van der Waals surface area contributed by atoms with Crippen molar-refractivity contribution in [1.82, 2.24) is 14.5 Å². The molecule has 0 unspecified atom stereocenters. The number of hydrogen-bond acceptors (Lipinski definition) is 3. The highest BCUT2D eigenvalue weighted by atomic mass is 16.3. The van der Waals surface area contributed by atoms with Gasteiger partial charge in [-0.25, -0.2) is 4.98 Å². The number of fused-ring (bicyclic) bond motifs is 1. The van der Waals surface area contributed by atoms with Gasteiger partial charge in [0, 0.05) is 38.6 Å². The van der Waals surface area contributed by atoms with Crippen molar-refractivity contribution < 1.29 is 5.11 Å². The van der Waals surface area contributed by atoms with Crippen molar-refractivity contribution in [3.05, 3.63) is 53.6 Å². The second kappa shape index (κ2) is 7.07. The van der Waals surface area contributed by atoms with Gasteiger partial charge < -0.3 is 9.67 Å². The highest BCUT2D eigenvalue weighted by molar-refractivity contribution is 5.32. The van der Waals surface area contributed by atoms with E-state index in [2.05, 4.69) is 38.7 Å². The molecule has 0 saturated heterocycles. The molecule has 0 saturated carbocycles. The number of benzene rings is 1. The van der Waals surface area contributed by atoms with E-state index in [1.54, 1.807) is 0 Å². The number of nitrogens with zero attached hydrogens (tertiary/aromatic N) is 3. The van der Waals surface area contributed by atoms with Crippen LogP contribution in [-0.2, 0) is 20.0 Å². The van der Waals surface area contributed by atoms with Crippen LogP contribution in [0.4, 0.5) is 0 Å². The van der Waals surface area contributed by atoms with E-state index in [0.29, 0.717) is 6.04 Å². The molecule has 0 bridgehead atoms. The highest BCUT2D eigenvalue weighted by Crippen LogP contribution is 2.34. The summed E-state index contributed by atoms with van der Waals surface area (Å²) in [5, 5.41) is 9.24. The number of aliphatic hydroxyl groups excluding tert-OH is 1. The quantitative estimate of drug-likeness (QED) is 0.891. The van der Waals surface area contributed by atoms with Crippen LogP contribution in [0.3, 0.4) is 0 Å². The summed E-state index contributed by atoms with van der Waals surface area (Å²) in [5.74, 6) is 1.08. The second-order valence-corrected chi connectivity index (χ2v) is 6.11. The molecule has 0 aliphatic heterocycles. The molecule has 1 heterocycles. The topological polar surface area (TPSA) is 41.3 Å². The number of imidazole rings is 1. The molecule has 22 heavy (non-hydrogen) atoms. The van der Waals surface area contributed by atoms with Crippen molar-refractivity contribution >= 4 is 0 Å². The van der Waals surface area contributed by atoms with Crippen LogP contribution in [0, 0.1) is 0 Å². The summed E-state index contributed by atoms with van der Waals surface area (Å²) in [6, 6.07) is 9.24. The monoisotopic (exact) mass is 299 g/mol. The molecule has 0 spiro atoms. The molecular weight excluding hydrogens is 274 g/mol. The van der Waals surface area contributed by atoms with Crippen LogP contribution in [0.5, 0.6) is 0 Å². The van der Waals surface area contributed by atoms with Gasteiger partial charge in [0.1, 0.15) is 5.82 Å². The number of aryl methyl sites for hydroxylation is 2. The second-order valence-electron chi connectivity index (χ2n) is 6.11. The van der Waals surface area contributed by atoms with Crippen LogP contribution in [-0.4, -0.2) is 32.7 Å². The molecule has 3 rings (SSSR count). The minimum absolute atomic E-state index is 0.242. The largest absolute Gasteiger partial charge is 0.396 e. The van der Waals surface area contributed by atoms with Crippen molar-refractivity contribution in [3.63, 3.8) is 0 Å². The summed E-state index contributed by atoms with van der Waals surface area (Å²) in [6.45, 7) is 1.98. The third-order valence-corrected chi connectivity index (χ3v) is 4.65. The molecule has 0 amide bonds. The van der Waals surface area contributed by atoms with Gasteiger partial charge in [0.2, 0.25) is 0 Å². The summed E-state index contributed by atoms with van der Waals surface area (Å²) in [4.78, 5) is 6.96. The highest BCUT2D eigenvalue weighted by Gasteiger charge is 2.26. The molecule has 0 radical (unpaired) electrons. The molecule has 1 N–H and O–H groups in total. The minimum Gasteiger partial charge on any atom is -0.396 e. The Bertz CT molecular complexity index is 608. The van der Waals surface area contributed by atoms with Gasteiger partial charge in [0.15, 0.2) is 0 Å². The Morgan fingerprint density at radius 2 is 2.23 bits per heavy atom. The van der Waals surface area contributed by atoms with Gasteiger partial charge in [-0.1, -0.05) is 24.3 Å². The fraction of sp³-hybridized carbons (Fsp3) is 0.500. The molecule has 1 aromatic carbocycles. The molecule has 0 fully saturated rings. The fourth-order valence-electron chi connectivity index (χ4n) is 3.46. The van der Waals surface area contributed by atoms with Crippen LogP contribution >= 0.6 is 0 Å². The predicted octanol–water partition coefficient (Wildman–Crippen LogP) is 2.68.